The third kappa shape index (κ3) is 44.0. The summed E-state index contributed by atoms with van der Waals surface area (Å²) >= 11 is 0. The number of carbonyl (C=O) groups excluding carboxylic acids is 2. The van der Waals surface area contributed by atoms with Crippen molar-refractivity contribution in [2.24, 2.45) is 0 Å². The maximum atomic E-state index is 11.0. The Hall–Kier alpha value is 0.926. The Kier molecular flexibility index (Phi) is 41.0. The first kappa shape index (κ1) is 43.4. The summed E-state index contributed by atoms with van der Waals surface area (Å²) in [5.41, 5.74) is 0. The van der Waals surface area contributed by atoms with E-state index in [1.54, 1.807) is 0 Å². The molecule has 0 unspecified atom stereocenters. The van der Waals surface area contributed by atoms with E-state index in [0.717, 1.165) is 25.7 Å². The number of hydrogen-bond acceptors (Lipinski definition) is 4. The zero-order valence-electron chi connectivity index (χ0n) is 25.4. The van der Waals surface area contributed by atoms with Crippen LogP contribution >= 0.6 is 7.82 Å². The van der Waals surface area contributed by atoms with Crippen LogP contribution in [-0.2, 0) is 18.7 Å². The van der Waals surface area contributed by atoms with Crippen molar-refractivity contribution in [2.45, 2.75) is 181 Å². The fourth-order valence-electron chi connectivity index (χ4n) is 4.33. The molecule has 0 fully saturated rings. The predicted molar refractivity (Wildman–Crippen MR) is 155 cm³/mol. The first-order chi connectivity index (χ1) is 17.9. The second-order valence-electron chi connectivity index (χ2n) is 10.4. The summed E-state index contributed by atoms with van der Waals surface area (Å²) in [6.07, 6.45) is 33.4. The summed E-state index contributed by atoms with van der Waals surface area (Å²) in [4.78, 5) is 37.8. The minimum atomic E-state index is -4.65. The van der Waals surface area contributed by atoms with Gasteiger partial charge in [0.05, 0.1) is 0 Å². The van der Waals surface area contributed by atoms with Crippen LogP contribution in [0.2, 0.25) is 0 Å². The predicted octanol–water partition coefficient (Wildman–Crippen LogP) is 6.90. The van der Waals surface area contributed by atoms with Gasteiger partial charge in [0.1, 0.15) is 0 Å². The van der Waals surface area contributed by atoms with Crippen molar-refractivity contribution in [3.05, 3.63) is 0 Å². The molecule has 0 aliphatic heterocycles. The van der Waals surface area contributed by atoms with Gasteiger partial charge >= 0.3 is 65.2 Å². The van der Waals surface area contributed by atoms with Gasteiger partial charge in [0.25, 0.3) is 0 Å². The molecule has 0 amide bonds. The molecular formula is C30H60KO6P. The van der Waals surface area contributed by atoms with Crippen LogP contribution in [-0.4, -0.2) is 22.0 Å². The topological polar surface area (TPSA) is 101 Å². The van der Waals surface area contributed by atoms with E-state index in [2.05, 4.69) is 18.4 Å². The number of unbranched alkanes of at least 4 members (excludes halogenated alkanes) is 23. The zero-order chi connectivity index (χ0) is 27.9. The quantitative estimate of drug-likeness (QED) is 0.0470. The molecule has 0 bridgehead atoms. The van der Waals surface area contributed by atoms with Crippen molar-refractivity contribution in [2.75, 3.05) is 0 Å². The van der Waals surface area contributed by atoms with E-state index < -0.39 is 13.8 Å². The molecule has 0 aliphatic rings. The maximum Gasteiger partial charge on any atom is 1.00 e. The Bertz CT molecular complexity index is 527. The molecule has 0 aliphatic carbocycles. The second kappa shape index (κ2) is 36.0. The number of hydrogen-bond donors (Lipinski definition) is 2. The monoisotopic (exact) mass is 586 g/mol. The van der Waals surface area contributed by atoms with Crippen molar-refractivity contribution in [3.8, 4) is 0 Å². The summed E-state index contributed by atoms with van der Waals surface area (Å²) < 4.78 is 14.3. The van der Waals surface area contributed by atoms with E-state index in [4.69, 9.17) is 9.79 Å². The van der Waals surface area contributed by atoms with Gasteiger partial charge in [-0.25, -0.2) is 4.57 Å². The number of carbonyl (C=O) groups is 1. The summed E-state index contributed by atoms with van der Waals surface area (Å²) in [5.74, 6) is -0.814. The minimum absolute atomic E-state index is 0. The standard InChI is InChI=1S/C18H35O.C12H25O5P.K/c1-2-3-4-5-6-7-8-9-10-11-12-13-14-15-16-17-18-19;1-2-3-4-5-6-7-8-9-10-11-12(13)17-18(14,15)16;/h2-17H2,1H3;2-11H2,1H3,(H2,14,15,16);/q-1;;+1. The average Bonchev–Trinajstić information content (AvgIpc) is 2.85. The molecular weight excluding hydrogens is 526 g/mol. The molecule has 0 radical (unpaired) electrons. The molecule has 0 rings (SSSR count). The molecule has 0 saturated carbocycles. The molecule has 0 saturated heterocycles. The van der Waals surface area contributed by atoms with Gasteiger partial charge in [0.15, 0.2) is 0 Å². The largest absolute Gasteiger partial charge is 1.00 e. The molecule has 2 N–H and O–H groups in total. The summed E-state index contributed by atoms with van der Waals surface area (Å²) in [5, 5.41) is 0. The second-order valence-corrected chi connectivity index (χ2v) is 11.5. The summed E-state index contributed by atoms with van der Waals surface area (Å²) in [6.45, 7) is 4.47. The number of phosphoric acid groups is 1. The molecule has 0 aromatic heterocycles. The summed E-state index contributed by atoms with van der Waals surface area (Å²) in [7, 11) is -4.65. The fraction of sp³-hybridized carbons (Fsp3) is 0.933. The van der Waals surface area contributed by atoms with E-state index in [-0.39, 0.29) is 57.8 Å². The number of phosphoric ester groups is 1. The third-order valence-corrected chi connectivity index (χ3v) is 7.03. The maximum absolute atomic E-state index is 11.0. The van der Waals surface area contributed by atoms with E-state index in [1.807, 2.05) is 6.29 Å². The minimum Gasteiger partial charge on any atom is -0.542 e. The van der Waals surface area contributed by atoms with Crippen LogP contribution < -0.4 is 51.4 Å². The molecule has 38 heavy (non-hydrogen) atoms. The van der Waals surface area contributed by atoms with Gasteiger partial charge in [0, 0.05) is 6.42 Å². The molecule has 222 valence electrons. The molecule has 8 heteroatoms. The molecule has 0 heterocycles. The van der Waals surface area contributed by atoms with Crippen LogP contribution in [0.1, 0.15) is 181 Å². The first-order valence-electron chi connectivity index (χ1n) is 15.5. The van der Waals surface area contributed by atoms with Crippen molar-refractivity contribution >= 4 is 20.1 Å². The van der Waals surface area contributed by atoms with Crippen molar-refractivity contribution < 1.29 is 79.8 Å². The van der Waals surface area contributed by atoms with Gasteiger partial charge in [-0.3, -0.25) is 20.9 Å². The Labute approximate surface area is 278 Å². The fourth-order valence-corrected chi connectivity index (χ4v) is 4.68. The van der Waals surface area contributed by atoms with Gasteiger partial charge in [-0.05, 0) is 6.42 Å². The van der Waals surface area contributed by atoms with Crippen LogP contribution in [0.15, 0.2) is 0 Å². The Balaban J connectivity index is -0.000000629. The van der Waals surface area contributed by atoms with E-state index >= 15 is 0 Å². The van der Waals surface area contributed by atoms with Crippen LogP contribution in [0, 0.1) is 0 Å². The van der Waals surface area contributed by atoms with Crippen molar-refractivity contribution in [1.29, 1.82) is 0 Å². The van der Waals surface area contributed by atoms with Gasteiger partial charge < -0.3 is 9.32 Å². The van der Waals surface area contributed by atoms with Crippen LogP contribution in [0.5, 0.6) is 0 Å². The third-order valence-electron chi connectivity index (χ3n) is 6.59. The van der Waals surface area contributed by atoms with Crippen molar-refractivity contribution in [1.82, 2.24) is 0 Å². The molecule has 0 spiro atoms. The summed E-state index contributed by atoms with van der Waals surface area (Å²) in [6, 6.07) is 0. The SMILES string of the molecule is CCCCCCCCCCCC(=O)OP(=O)(O)O.CCCCCCCCCCCCCCCCC[C-]=O.[K+]. The van der Waals surface area contributed by atoms with E-state index in [9.17, 15) is 14.2 Å². The van der Waals surface area contributed by atoms with Crippen LogP contribution in [0.25, 0.3) is 0 Å². The smallest absolute Gasteiger partial charge is 0.542 e. The molecule has 0 aromatic rings. The van der Waals surface area contributed by atoms with Crippen LogP contribution in [0.4, 0.5) is 0 Å². The Morgan fingerprint density at radius 2 is 0.868 bits per heavy atom. The van der Waals surface area contributed by atoms with E-state index in [1.165, 1.54) is 122 Å². The van der Waals surface area contributed by atoms with Gasteiger partial charge in [-0.15, -0.1) is 0 Å². The van der Waals surface area contributed by atoms with E-state index in [0.29, 0.717) is 12.8 Å². The first-order valence-corrected chi connectivity index (χ1v) is 17.0. The molecule has 0 atom stereocenters. The van der Waals surface area contributed by atoms with Gasteiger partial charge in [0.2, 0.25) is 0 Å². The van der Waals surface area contributed by atoms with Gasteiger partial charge in [-0.1, -0.05) is 162 Å². The molecule has 6 nitrogen and oxygen atoms in total. The van der Waals surface area contributed by atoms with Gasteiger partial charge in [-0.2, -0.15) is 6.42 Å². The zero-order valence-corrected chi connectivity index (χ0v) is 29.4. The molecule has 0 aromatic carbocycles. The van der Waals surface area contributed by atoms with Crippen molar-refractivity contribution in [3.63, 3.8) is 0 Å². The number of rotatable bonds is 27. The average molecular weight is 587 g/mol. The normalized spacial score (nSPS) is 10.8. The Morgan fingerprint density at radius 1 is 0.579 bits per heavy atom. The Morgan fingerprint density at radius 3 is 1.16 bits per heavy atom. The van der Waals surface area contributed by atoms with Crippen LogP contribution in [0.3, 0.4) is 0 Å².